The fourth-order valence-electron chi connectivity index (χ4n) is 3.17. The molecule has 1 unspecified atom stereocenters. The average molecular weight is 448 g/mol. The molecule has 0 radical (unpaired) electrons. The van der Waals surface area contributed by atoms with Crippen molar-refractivity contribution in [3.8, 4) is 5.75 Å². The molecule has 33 heavy (non-hydrogen) atoms. The van der Waals surface area contributed by atoms with Crippen molar-refractivity contribution in [1.29, 1.82) is 0 Å². The molecule has 3 rings (SSSR count). The Morgan fingerprint density at radius 3 is 2.42 bits per heavy atom. The Hall–Kier alpha value is -3.84. The molecule has 0 saturated heterocycles. The summed E-state index contributed by atoms with van der Waals surface area (Å²) in [5.41, 5.74) is 2.87. The number of rotatable bonds is 11. The summed E-state index contributed by atoms with van der Waals surface area (Å²) in [6, 6.07) is 23.9. The summed E-state index contributed by atoms with van der Waals surface area (Å²) in [4.78, 5) is 25.0. The number of hydrogen-bond acceptors (Lipinski definition) is 5. The van der Waals surface area contributed by atoms with Crippen LogP contribution in [0.4, 0.5) is 11.4 Å². The quantitative estimate of drug-likeness (QED) is 0.383. The number of hydrogen-bond donors (Lipinski definition) is 3. The minimum absolute atomic E-state index is 0.0558. The molecule has 7 heteroatoms. The third-order valence-electron chi connectivity index (χ3n) is 4.90. The summed E-state index contributed by atoms with van der Waals surface area (Å²) in [6.45, 7) is 2.92. The summed E-state index contributed by atoms with van der Waals surface area (Å²) in [7, 11) is 1.61. The SMILES string of the molecule is COCCOc1cccc(NC(=O)CNc2cccc(C(=O)NC(C)c3ccccc3)c2)c1. The first-order chi connectivity index (χ1) is 16.0. The van der Waals surface area contributed by atoms with Gasteiger partial charge in [0.15, 0.2) is 0 Å². The monoisotopic (exact) mass is 447 g/mol. The number of ether oxygens (including phenoxy) is 2. The lowest BCUT2D eigenvalue weighted by atomic mass is 10.1. The van der Waals surface area contributed by atoms with Crippen molar-refractivity contribution in [2.75, 3.05) is 37.5 Å². The molecular formula is C26H29N3O4. The van der Waals surface area contributed by atoms with Gasteiger partial charge in [0.2, 0.25) is 5.91 Å². The molecule has 3 N–H and O–H groups in total. The number of benzene rings is 3. The summed E-state index contributed by atoms with van der Waals surface area (Å²) in [6.07, 6.45) is 0. The fraction of sp³-hybridized carbons (Fsp3) is 0.231. The smallest absolute Gasteiger partial charge is 0.251 e. The van der Waals surface area contributed by atoms with E-state index >= 15 is 0 Å². The first-order valence-electron chi connectivity index (χ1n) is 10.8. The maximum atomic E-state index is 12.6. The van der Waals surface area contributed by atoms with Crippen LogP contribution in [0.5, 0.6) is 5.75 Å². The second-order valence-electron chi connectivity index (χ2n) is 7.46. The van der Waals surface area contributed by atoms with Gasteiger partial charge in [-0.3, -0.25) is 9.59 Å². The van der Waals surface area contributed by atoms with E-state index in [4.69, 9.17) is 9.47 Å². The van der Waals surface area contributed by atoms with Crippen LogP contribution < -0.4 is 20.7 Å². The molecule has 0 aliphatic rings. The predicted molar refractivity (Wildman–Crippen MR) is 130 cm³/mol. The lowest BCUT2D eigenvalue weighted by Crippen LogP contribution is -2.26. The molecule has 0 spiro atoms. The second-order valence-corrected chi connectivity index (χ2v) is 7.46. The Morgan fingerprint density at radius 2 is 1.64 bits per heavy atom. The summed E-state index contributed by atoms with van der Waals surface area (Å²) in [5.74, 6) is 0.266. The van der Waals surface area contributed by atoms with E-state index in [1.54, 1.807) is 37.4 Å². The van der Waals surface area contributed by atoms with Gasteiger partial charge in [-0.25, -0.2) is 0 Å². The lowest BCUT2D eigenvalue weighted by molar-refractivity contribution is -0.114. The molecular weight excluding hydrogens is 418 g/mol. The number of methoxy groups -OCH3 is 1. The van der Waals surface area contributed by atoms with E-state index in [0.717, 1.165) is 5.56 Å². The second kappa shape index (κ2) is 12.3. The summed E-state index contributed by atoms with van der Waals surface area (Å²) >= 11 is 0. The van der Waals surface area contributed by atoms with Gasteiger partial charge in [0.05, 0.1) is 19.2 Å². The van der Waals surface area contributed by atoms with E-state index in [0.29, 0.717) is 35.9 Å². The molecule has 0 aliphatic heterocycles. The van der Waals surface area contributed by atoms with Gasteiger partial charge in [0.25, 0.3) is 5.91 Å². The first-order valence-corrected chi connectivity index (χ1v) is 10.8. The highest BCUT2D eigenvalue weighted by Crippen LogP contribution is 2.18. The highest BCUT2D eigenvalue weighted by Gasteiger charge is 2.12. The third kappa shape index (κ3) is 7.66. The number of carbonyl (C=O) groups is 2. The van der Waals surface area contributed by atoms with Crippen LogP contribution >= 0.6 is 0 Å². The number of nitrogens with one attached hydrogen (secondary N) is 3. The fourth-order valence-corrected chi connectivity index (χ4v) is 3.17. The molecule has 0 fully saturated rings. The van der Waals surface area contributed by atoms with Crippen molar-refractivity contribution >= 4 is 23.2 Å². The zero-order valence-corrected chi connectivity index (χ0v) is 18.8. The Balaban J connectivity index is 1.51. The van der Waals surface area contributed by atoms with Crippen LogP contribution in [-0.4, -0.2) is 38.7 Å². The van der Waals surface area contributed by atoms with Gasteiger partial charge < -0.3 is 25.4 Å². The van der Waals surface area contributed by atoms with Crippen LogP contribution in [0.2, 0.25) is 0 Å². The number of carbonyl (C=O) groups excluding carboxylic acids is 2. The molecule has 0 aliphatic carbocycles. The zero-order valence-electron chi connectivity index (χ0n) is 18.8. The molecule has 3 aromatic carbocycles. The Labute approximate surface area is 194 Å². The first kappa shape index (κ1) is 23.8. The van der Waals surface area contributed by atoms with Gasteiger partial charge in [-0.2, -0.15) is 0 Å². The molecule has 2 amide bonds. The zero-order chi connectivity index (χ0) is 23.5. The predicted octanol–water partition coefficient (Wildman–Crippen LogP) is 4.25. The van der Waals surface area contributed by atoms with Gasteiger partial charge in [-0.1, -0.05) is 42.5 Å². The normalized spacial score (nSPS) is 11.3. The van der Waals surface area contributed by atoms with Crippen LogP contribution in [0.25, 0.3) is 0 Å². The van der Waals surface area contributed by atoms with Crippen molar-refractivity contribution in [2.24, 2.45) is 0 Å². The van der Waals surface area contributed by atoms with Gasteiger partial charge >= 0.3 is 0 Å². The Morgan fingerprint density at radius 1 is 0.879 bits per heavy atom. The molecule has 172 valence electrons. The minimum Gasteiger partial charge on any atom is -0.491 e. The van der Waals surface area contributed by atoms with Crippen molar-refractivity contribution in [2.45, 2.75) is 13.0 Å². The van der Waals surface area contributed by atoms with E-state index in [-0.39, 0.29) is 24.4 Å². The highest BCUT2D eigenvalue weighted by atomic mass is 16.5. The molecule has 3 aromatic rings. The van der Waals surface area contributed by atoms with Crippen molar-refractivity contribution < 1.29 is 19.1 Å². The van der Waals surface area contributed by atoms with E-state index in [1.165, 1.54) is 0 Å². The third-order valence-corrected chi connectivity index (χ3v) is 4.90. The molecule has 0 heterocycles. The standard InChI is InChI=1S/C26H29N3O4/c1-19(20-8-4-3-5-9-20)28-26(31)21-10-6-11-22(16-21)27-18-25(30)29-23-12-7-13-24(17-23)33-15-14-32-2/h3-13,16-17,19,27H,14-15,18H2,1-2H3,(H,28,31)(H,29,30). The van der Waals surface area contributed by atoms with E-state index in [9.17, 15) is 9.59 Å². The number of anilines is 2. The molecule has 0 saturated carbocycles. The summed E-state index contributed by atoms with van der Waals surface area (Å²) in [5, 5.41) is 8.89. The van der Waals surface area contributed by atoms with Crippen molar-refractivity contribution in [3.05, 3.63) is 90.0 Å². The van der Waals surface area contributed by atoms with Gasteiger partial charge in [0, 0.05) is 30.1 Å². The number of amides is 2. The van der Waals surface area contributed by atoms with E-state index < -0.39 is 0 Å². The Kier molecular flexibility index (Phi) is 8.85. The van der Waals surface area contributed by atoms with E-state index in [1.807, 2.05) is 55.5 Å². The van der Waals surface area contributed by atoms with Gasteiger partial charge in [0.1, 0.15) is 12.4 Å². The van der Waals surface area contributed by atoms with E-state index in [2.05, 4.69) is 16.0 Å². The summed E-state index contributed by atoms with van der Waals surface area (Å²) < 4.78 is 10.5. The largest absolute Gasteiger partial charge is 0.491 e. The van der Waals surface area contributed by atoms with Crippen LogP contribution in [0.15, 0.2) is 78.9 Å². The molecule has 7 nitrogen and oxygen atoms in total. The molecule has 0 bridgehead atoms. The molecule has 1 atom stereocenters. The van der Waals surface area contributed by atoms with Crippen LogP contribution in [0, 0.1) is 0 Å². The Bertz CT molecular complexity index is 1060. The topological polar surface area (TPSA) is 88.7 Å². The highest BCUT2D eigenvalue weighted by molar-refractivity contribution is 5.96. The maximum absolute atomic E-state index is 12.6. The van der Waals surface area contributed by atoms with Crippen LogP contribution in [0.3, 0.4) is 0 Å². The van der Waals surface area contributed by atoms with Crippen LogP contribution in [-0.2, 0) is 9.53 Å². The van der Waals surface area contributed by atoms with Gasteiger partial charge in [-0.05, 0) is 42.8 Å². The van der Waals surface area contributed by atoms with Gasteiger partial charge in [-0.15, -0.1) is 0 Å². The van der Waals surface area contributed by atoms with Crippen LogP contribution in [0.1, 0.15) is 28.9 Å². The lowest BCUT2D eigenvalue weighted by Gasteiger charge is -2.15. The van der Waals surface area contributed by atoms with Crippen molar-refractivity contribution in [3.63, 3.8) is 0 Å². The minimum atomic E-state index is -0.211. The van der Waals surface area contributed by atoms with Crippen molar-refractivity contribution in [1.82, 2.24) is 5.32 Å². The maximum Gasteiger partial charge on any atom is 0.251 e. The average Bonchev–Trinajstić information content (AvgIpc) is 2.84. The molecule has 0 aromatic heterocycles.